The van der Waals surface area contributed by atoms with Gasteiger partial charge in [0.1, 0.15) is 17.1 Å². The zero-order valence-corrected chi connectivity index (χ0v) is 16.9. The number of aldehydes is 1. The normalized spacial score (nSPS) is 20.2. The van der Waals surface area contributed by atoms with Crippen molar-refractivity contribution in [1.82, 2.24) is 14.9 Å². The molecule has 2 rings (SSSR count). The number of unbranched alkanes of at least 4 members (excludes halogenated alkanes) is 1. The number of hydrogen-bond acceptors (Lipinski definition) is 4. The van der Waals surface area contributed by atoms with Crippen molar-refractivity contribution < 1.29 is 14.3 Å². The molecule has 2 atom stereocenters. The van der Waals surface area contributed by atoms with Gasteiger partial charge in [-0.1, -0.05) is 24.9 Å². The van der Waals surface area contributed by atoms with Gasteiger partial charge in [0.25, 0.3) is 0 Å². The smallest absolute Gasteiger partial charge is 0.407 e. The Morgan fingerprint density at radius 1 is 1.42 bits per heavy atom. The molecule has 2 unspecified atom stereocenters. The van der Waals surface area contributed by atoms with E-state index in [4.69, 9.17) is 16.3 Å². The lowest BCUT2D eigenvalue weighted by Gasteiger charge is -2.22. The highest BCUT2D eigenvalue weighted by atomic mass is 35.5. The third-order valence-corrected chi connectivity index (χ3v) is 4.89. The van der Waals surface area contributed by atoms with Crippen molar-refractivity contribution in [2.75, 3.05) is 0 Å². The maximum absolute atomic E-state index is 11.9. The van der Waals surface area contributed by atoms with E-state index in [2.05, 4.69) is 17.2 Å². The quantitative estimate of drug-likeness (QED) is 0.709. The van der Waals surface area contributed by atoms with Crippen LogP contribution in [0.3, 0.4) is 0 Å². The van der Waals surface area contributed by atoms with E-state index in [-0.39, 0.29) is 17.3 Å². The van der Waals surface area contributed by atoms with E-state index in [0.717, 1.165) is 50.6 Å². The maximum Gasteiger partial charge on any atom is 0.407 e. The minimum atomic E-state index is -0.497. The summed E-state index contributed by atoms with van der Waals surface area (Å²) in [5.74, 6) is 1.25. The molecule has 1 saturated carbocycles. The topological polar surface area (TPSA) is 73.2 Å². The van der Waals surface area contributed by atoms with E-state index in [1.54, 1.807) is 0 Å². The van der Waals surface area contributed by atoms with Crippen molar-refractivity contribution in [3.05, 3.63) is 16.7 Å². The fourth-order valence-corrected chi connectivity index (χ4v) is 3.67. The number of aromatic nitrogens is 2. The number of alkyl carbamates (subject to hydrolysis) is 1. The van der Waals surface area contributed by atoms with Crippen LogP contribution in [0.5, 0.6) is 0 Å². The fraction of sp³-hybridized carbons (Fsp3) is 0.737. The number of hydrogen-bond donors (Lipinski definition) is 1. The van der Waals surface area contributed by atoms with Crippen LogP contribution in [0.2, 0.25) is 5.15 Å². The molecule has 0 radical (unpaired) electrons. The molecule has 0 spiro atoms. The van der Waals surface area contributed by atoms with E-state index in [0.29, 0.717) is 18.2 Å². The average Bonchev–Trinajstić information content (AvgIpc) is 3.08. The first-order chi connectivity index (χ1) is 12.2. The summed E-state index contributed by atoms with van der Waals surface area (Å²) in [5.41, 5.74) is -0.0378. The van der Waals surface area contributed by atoms with E-state index >= 15 is 0 Å². The molecule has 0 saturated heterocycles. The standard InChI is InChI=1S/C19H30ClN3O3/c1-5-6-7-16-22-17(20)15(12-24)23(16)11-13-8-9-14(10-13)21-18(25)26-19(2,3)4/h12-14H,5-11H2,1-4H3,(H,21,25). The highest BCUT2D eigenvalue weighted by molar-refractivity contribution is 6.31. The van der Waals surface area contributed by atoms with Crippen molar-refractivity contribution in [3.8, 4) is 0 Å². The van der Waals surface area contributed by atoms with Gasteiger partial charge in [-0.3, -0.25) is 4.79 Å². The molecule has 1 fully saturated rings. The molecule has 6 nitrogen and oxygen atoms in total. The summed E-state index contributed by atoms with van der Waals surface area (Å²) in [4.78, 5) is 27.8. The van der Waals surface area contributed by atoms with Crippen molar-refractivity contribution in [2.45, 2.75) is 84.4 Å². The molecule has 1 amide bonds. The van der Waals surface area contributed by atoms with Crippen LogP contribution < -0.4 is 5.32 Å². The van der Waals surface area contributed by atoms with E-state index < -0.39 is 5.60 Å². The number of ether oxygens (including phenoxy) is 1. The van der Waals surface area contributed by atoms with E-state index in [1.165, 1.54) is 0 Å². The van der Waals surface area contributed by atoms with Crippen LogP contribution >= 0.6 is 11.6 Å². The number of carbonyl (C=O) groups is 2. The van der Waals surface area contributed by atoms with Gasteiger partial charge in [0, 0.05) is 19.0 Å². The molecule has 0 bridgehead atoms. The summed E-state index contributed by atoms with van der Waals surface area (Å²) in [5, 5.41) is 3.24. The van der Waals surface area contributed by atoms with Crippen LogP contribution in [0.15, 0.2) is 0 Å². The highest BCUT2D eigenvalue weighted by Gasteiger charge is 2.29. The number of nitrogens with one attached hydrogen (secondary N) is 1. The molecular weight excluding hydrogens is 354 g/mol. The van der Waals surface area contributed by atoms with Gasteiger partial charge in [-0.05, 0) is 52.4 Å². The summed E-state index contributed by atoms with van der Waals surface area (Å²) < 4.78 is 7.29. The van der Waals surface area contributed by atoms with Gasteiger partial charge in [0.15, 0.2) is 11.4 Å². The summed E-state index contributed by atoms with van der Waals surface area (Å²) >= 11 is 6.14. The van der Waals surface area contributed by atoms with Crippen LogP contribution in [-0.4, -0.2) is 33.6 Å². The summed E-state index contributed by atoms with van der Waals surface area (Å²) in [7, 11) is 0. The van der Waals surface area contributed by atoms with Crippen molar-refractivity contribution in [1.29, 1.82) is 0 Å². The monoisotopic (exact) mass is 383 g/mol. The maximum atomic E-state index is 11.9. The van der Waals surface area contributed by atoms with E-state index in [9.17, 15) is 9.59 Å². The second-order valence-corrected chi connectivity index (χ2v) is 8.42. The van der Waals surface area contributed by atoms with Crippen molar-refractivity contribution in [2.24, 2.45) is 5.92 Å². The second kappa shape index (κ2) is 8.89. The largest absolute Gasteiger partial charge is 0.444 e. The Morgan fingerprint density at radius 2 is 2.15 bits per heavy atom. The highest BCUT2D eigenvalue weighted by Crippen LogP contribution is 2.29. The lowest BCUT2D eigenvalue weighted by Crippen LogP contribution is -2.38. The third-order valence-electron chi connectivity index (χ3n) is 4.61. The molecule has 0 aliphatic heterocycles. The minimum Gasteiger partial charge on any atom is -0.444 e. The van der Waals surface area contributed by atoms with Crippen LogP contribution in [0, 0.1) is 5.92 Å². The van der Waals surface area contributed by atoms with Crippen LogP contribution in [0.4, 0.5) is 4.79 Å². The molecule has 1 aromatic rings. The summed E-state index contributed by atoms with van der Waals surface area (Å²) in [6.07, 6.45) is 6.07. The van der Waals surface area contributed by atoms with Crippen molar-refractivity contribution in [3.63, 3.8) is 0 Å². The van der Waals surface area contributed by atoms with Gasteiger partial charge < -0.3 is 14.6 Å². The first-order valence-corrected chi connectivity index (χ1v) is 9.80. The van der Waals surface area contributed by atoms with Crippen molar-refractivity contribution >= 4 is 24.0 Å². The van der Waals surface area contributed by atoms with E-state index in [1.807, 2.05) is 25.3 Å². The zero-order valence-electron chi connectivity index (χ0n) is 16.2. The number of amides is 1. The Hall–Kier alpha value is -1.56. The van der Waals surface area contributed by atoms with Gasteiger partial charge in [-0.15, -0.1) is 0 Å². The number of halogens is 1. The SMILES string of the molecule is CCCCc1nc(Cl)c(C=O)n1CC1CCC(NC(=O)OC(C)(C)C)C1. The first-order valence-electron chi connectivity index (χ1n) is 9.43. The van der Waals surface area contributed by atoms with Gasteiger partial charge in [-0.2, -0.15) is 0 Å². The molecule has 1 heterocycles. The molecule has 146 valence electrons. The Balaban J connectivity index is 1.98. The minimum absolute atomic E-state index is 0.104. The molecular formula is C19H30ClN3O3. The number of aryl methyl sites for hydroxylation is 1. The molecule has 1 aliphatic rings. The van der Waals surface area contributed by atoms with Crippen LogP contribution in [0.25, 0.3) is 0 Å². The predicted molar refractivity (Wildman–Crippen MR) is 102 cm³/mol. The van der Waals surface area contributed by atoms with Gasteiger partial charge in [-0.25, -0.2) is 9.78 Å². The average molecular weight is 384 g/mol. The Kier molecular flexibility index (Phi) is 7.09. The fourth-order valence-electron chi connectivity index (χ4n) is 3.43. The Bertz CT molecular complexity index is 637. The number of nitrogens with zero attached hydrogens (tertiary/aromatic N) is 2. The number of imidazole rings is 1. The van der Waals surface area contributed by atoms with Gasteiger partial charge in [0.2, 0.25) is 0 Å². The molecule has 1 N–H and O–H groups in total. The lowest BCUT2D eigenvalue weighted by atomic mass is 10.1. The number of rotatable bonds is 7. The molecule has 0 aromatic carbocycles. The zero-order chi connectivity index (χ0) is 19.3. The van der Waals surface area contributed by atoms with Gasteiger partial charge in [0.05, 0.1) is 0 Å². The molecule has 1 aliphatic carbocycles. The summed E-state index contributed by atoms with van der Waals surface area (Å²) in [6.45, 7) is 8.39. The number of carbonyl (C=O) groups excluding carboxylic acids is 2. The molecule has 26 heavy (non-hydrogen) atoms. The lowest BCUT2D eigenvalue weighted by molar-refractivity contribution is 0.0504. The van der Waals surface area contributed by atoms with Crippen LogP contribution in [0.1, 0.15) is 76.1 Å². The summed E-state index contributed by atoms with van der Waals surface area (Å²) in [6, 6.07) is 0.104. The predicted octanol–water partition coefficient (Wildman–Crippen LogP) is 4.39. The third kappa shape index (κ3) is 5.73. The van der Waals surface area contributed by atoms with Gasteiger partial charge >= 0.3 is 6.09 Å². The molecule has 1 aromatic heterocycles. The Morgan fingerprint density at radius 3 is 2.77 bits per heavy atom. The second-order valence-electron chi connectivity index (χ2n) is 8.06. The van der Waals surface area contributed by atoms with Crippen LogP contribution in [-0.2, 0) is 17.7 Å². The Labute approximate surface area is 160 Å². The first kappa shape index (κ1) is 20.7. The molecule has 7 heteroatoms.